The minimum atomic E-state index is -0.939. The van der Waals surface area contributed by atoms with Crippen molar-refractivity contribution >= 4 is 21.9 Å². The van der Waals surface area contributed by atoms with Gasteiger partial charge in [0.1, 0.15) is 6.10 Å². The molecule has 0 heterocycles. The number of esters is 1. The minimum Gasteiger partial charge on any atom is -0.469 e. The Morgan fingerprint density at radius 3 is 2.68 bits per heavy atom. The molecule has 2 unspecified atom stereocenters. The number of methoxy groups -OCH3 is 1. The van der Waals surface area contributed by atoms with Crippen LogP contribution in [0.1, 0.15) is 30.1 Å². The lowest BCUT2D eigenvalue weighted by atomic mass is 9.95. The normalized spacial score (nSPS) is 13.9. The van der Waals surface area contributed by atoms with E-state index < -0.39 is 12.2 Å². The lowest BCUT2D eigenvalue weighted by molar-refractivity contribution is -0.140. The highest BCUT2D eigenvalue weighted by molar-refractivity contribution is 9.09. The third-order valence-corrected chi connectivity index (χ3v) is 3.43. The van der Waals surface area contributed by atoms with Gasteiger partial charge in [0.25, 0.3) is 0 Å². The maximum atomic E-state index is 11.2. The summed E-state index contributed by atoms with van der Waals surface area (Å²) in [6, 6.07) is 7.28. The molecule has 1 aromatic rings. The third kappa shape index (κ3) is 4.93. The van der Waals surface area contributed by atoms with E-state index in [0.717, 1.165) is 5.56 Å². The van der Waals surface area contributed by atoms with E-state index in [-0.39, 0.29) is 12.4 Å². The highest BCUT2D eigenvalue weighted by Gasteiger charge is 2.20. The van der Waals surface area contributed by atoms with Crippen molar-refractivity contribution in [3.05, 3.63) is 35.4 Å². The van der Waals surface area contributed by atoms with E-state index in [2.05, 4.69) is 20.7 Å². The van der Waals surface area contributed by atoms with Gasteiger partial charge in [-0.05, 0) is 24.0 Å². The Morgan fingerprint density at radius 2 is 2.05 bits per heavy atom. The van der Waals surface area contributed by atoms with Gasteiger partial charge < -0.3 is 14.9 Å². The summed E-state index contributed by atoms with van der Waals surface area (Å²) in [7, 11) is 1.35. The van der Waals surface area contributed by atoms with Crippen LogP contribution in [0.4, 0.5) is 0 Å². The fraction of sp³-hybridized carbons (Fsp3) is 0.500. The second-order valence-electron chi connectivity index (χ2n) is 4.26. The minimum absolute atomic E-state index is 0.259. The lowest BCUT2D eigenvalue weighted by Crippen LogP contribution is -2.20. The van der Waals surface area contributed by atoms with Crippen molar-refractivity contribution < 1.29 is 19.7 Å². The zero-order valence-corrected chi connectivity index (χ0v) is 12.5. The fourth-order valence-corrected chi connectivity index (χ4v) is 2.34. The Balaban J connectivity index is 2.80. The number of aliphatic hydroxyl groups is 2. The molecule has 0 aliphatic carbocycles. The van der Waals surface area contributed by atoms with Gasteiger partial charge >= 0.3 is 5.97 Å². The number of hydrogen-bond acceptors (Lipinski definition) is 4. The molecule has 2 atom stereocenters. The molecule has 19 heavy (non-hydrogen) atoms. The van der Waals surface area contributed by atoms with Crippen LogP contribution in [-0.2, 0) is 16.0 Å². The Hall–Kier alpha value is -0.910. The molecule has 0 saturated carbocycles. The summed E-state index contributed by atoms with van der Waals surface area (Å²) in [6.45, 7) is 0. The summed E-state index contributed by atoms with van der Waals surface area (Å²) in [5.74, 6) is -0.287. The van der Waals surface area contributed by atoms with Gasteiger partial charge in [-0.15, -0.1) is 0 Å². The first-order valence-corrected chi connectivity index (χ1v) is 7.29. The SMILES string of the molecule is COC(=O)CCc1ccccc1C(O)C(O)CCBr. The first-order chi connectivity index (χ1) is 9.10. The molecule has 1 rings (SSSR count). The molecule has 106 valence electrons. The number of benzene rings is 1. The fourth-order valence-electron chi connectivity index (χ4n) is 1.87. The maximum absolute atomic E-state index is 11.2. The number of hydrogen-bond donors (Lipinski definition) is 2. The van der Waals surface area contributed by atoms with Crippen LogP contribution in [0.3, 0.4) is 0 Å². The van der Waals surface area contributed by atoms with Crippen LogP contribution in [-0.4, -0.2) is 34.7 Å². The van der Waals surface area contributed by atoms with Gasteiger partial charge in [0, 0.05) is 11.8 Å². The number of aliphatic hydroxyl groups excluding tert-OH is 2. The summed E-state index contributed by atoms with van der Waals surface area (Å²) in [4.78, 5) is 11.2. The highest BCUT2D eigenvalue weighted by Crippen LogP contribution is 2.24. The molecule has 5 heteroatoms. The van der Waals surface area contributed by atoms with Crippen LogP contribution in [0.15, 0.2) is 24.3 Å². The van der Waals surface area contributed by atoms with Crippen LogP contribution in [0.25, 0.3) is 0 Å². The van der Waals surface area contributed by atoms with Crippen molar-refractivity contribution in [3.63, 3.8) is 0 Å². The predicted octanol–water partition coefficient (Wildman–Crippen LogP) is 1.97. The van der Waals surface area contributed by atoms with E-state index in [0.29, 0.717) is 23.7 Å². The zero-order chi connectivity index (χ0) is 14.3. The molecule has 2 N–H and O–H groups in total. The Morgan fingerprint density at radius 1 is 1.37 bits per heavy atom. The third-order valence-electron chi connectivity index (χ3n) is 2.97. The van der Waals surface area contributed by atoms with E-state index in [1.54, 1.807) is 12.1 Å². The molecular weight excluding hydrogens is 312 g/mol. The van der Waals surface area contributed by atoms with Gasteiger partial charge in [-0.2, -0.15) is 0 Å². The van der Waals surface area contributed by atoms with Crippen LogP contribution < -0.4 is 0 Å². The Labute approximate surface area is 121 Å². The van der Waals surface area contributed by atoms with Gasteiger partial charge in [0.05, 0.1) is 13.2 Å². The molecule has 0 spiro atoms. The van der Waals surface area contributed by atoms with Gasteiger partial charge in [0.15, 0.2) is 0 Å². The molecule has 4 nitrogen and oxygen atoms in total. The molecule has 0 aliphatic rings. The van der Waals surface area contributed by atoms with Crippen molar-refractivity contribution in [2.24, 2.45) is 0 Å². The van der Waals surface area contributed by atoms with E-state index in [9.17, 15) is 15.0 Å². The van der Waals surface area contributed by atoms with Crippen LogP contribution >= 0.6 is 15.9 Å². The number of alkyl halides is 1. The van der Waals surface area contributed by atoms with E-state index >= 15 is 0 Å². The van der Waals surface area contributed by atoms with Gasteiger partial charge in [-0.25, -0.2) is 0 Å². The van der Waals surface area contributed by atoms with Crippen molar-refractivity contribution in [1.82, 2.24) is 0 Å². The number of carbonyl (C=O) groups is 1. The smallest absolute Gasteiger partial charge is 0.305 e. The topological polar surface area (TPSA) is 66.8 Å². The van der Waals surface area contributed by atoms with Crippen molar-refractivity contribution in [3.8, 4) is 0 Å². The first-order valence-electron chi connectivity index (χ1n) is 6.16. The van der Waals surface area contributed by atoms with Crippen LogP contribution in [0.2, 0.25) is 0 Å². The van der Waals surface area contributed by atoms with Crippen LogP contribution in [0, 0.1) is 0 Å². The zero-order valence-electron chi connectivity index (χ0n) is 10.9. The summed E-state index contributed by atoms with van der Waals surface area (Å²) >= 11 is 3.24. The van der Waals surface area contributed by atoms with Gasteiger partial charge in [0.2, 0.25) is 0 Å². The molecule has 0 fully saturated rings. The largest absolute Gasteiger partial charge is 0.469 e. The Kier molecular flexibility index (Phi) is 7.05. The summed E-state index contributed by atoms with van der Waals surface area (Å²) in [5, 5.41) is 20.6. The quantitative estimate of drug-likeness (QED) is 0.592. The Bertz CT molecular complexity index is 408. The summed E-state index contributed by atoms with van der Waals surface area (Å²) in [5.41, 5.74) is 1.52. The standard InChI is InChI=1S/C14H19BrO4/c1-19-13(17)7-6-10-4-2-3-5-11(10)14(18)12(16)8-9-15/h2-5,12,14,16,18H,6-9H2,1H3. The average molecular weight is 331 g/mol. The number of carbonyl (C=O) groups excluding carboxylic acids is 1. The highest BCUT2D eigenvalue weighted by atomic mass is 79.9. The molecule has 0 aromatic heterocycles. The molecular formula is C14H19BrO4. The number of ether oxygens (including phenoxy) is 1. The average Bonchev–Trinajstić information content (AvgIpc) is 2.44. The molecule has 0 bridgehead atoms. The van der Waals surface area contributed by atoms with Gasteiger partial charge in [-0.3, -0.25) is 4.79 Å². The summed E-state index contributed by atoms with van der Waals surface area (Å²) in [6.07, 6.45) is -0.549. The summed E-state index contributed by atoms with van der Waals surface area (Å²) < 4.78 is 4.60. The van der Waals surface area contributed by atoms with E-state index in [4.69, 9.17) is 0 Å². The number of rotatable bonds is 7. The number of halogens is 1. The molecule has 0 amide bonds. The van der Waals surface area contributed by atoms with Gasteiger partial charge in [-0.1, -0.05) is 40.2 Å². The molecule has 0 saturated heterocycles. The maximum Gasteiger partial charge on any atom is 0.305 e. The van der Waals surface area contributed by atoms with Crippen molar-refractivity contribution in [2.45, 2.75) is 31.5 Å². The van der Waals surface area contributed by atoms with Crippen LogP contribution in [0.5, 0.6) is 0 Å². The predicted molar refractivity (Wildman–Crippen MR) is 76.2 cm³/mol. The second-order valence-corrected chi connectivity index (χ2v) is 5.06. The second kappa shape index (κ2) is 8.30. The van der Waals surface area contributed by atoms with Crippen molar-refractivity contribution in [1.29, 1.82) is 0 Å². The first kappa shape index (κ1) is 16.1. The molecule has 0 aliphatic heterocycles. The molecule has 1 aromatic carbocycles. The van der Waals surface area contributed by atoms with E-state index in [1.807, 2.05) is 12.1 Å². The lowest BCUT2D eigenvalue weighted by Gasteiger charge is -2.20. The van der Waals surface area contributed by atoms with E-state index in [1.165, 1.54) is 7.11 Å². The number of aryl methyl sites for hydroxylation is 1. The van der Waals surface area contributed by atoms with Crippen molar-refractivity contribution in [2.75, 3.05) is 12.4 Å². The molecule has 0 radical (unpaired) electrons. The monoisotopic (exact) mass is 330 g/mol.